The number of hydrogen-bond donors (Lipinski definition) is 2. The van der Waals surface area contributed by atoms with Crippen molar-refractivity contribution in [1.82, 2.24) is 5.32 Å². The first-order valence-corrected chi connectivity index (χ1v) is 5.61. The molecule has 1 saturated carbocycles. The Morgan fingerprint density at radius 1 is 1.28 bits per heavy atom. The standard InChI is InChI=1S/C11H16F3NO3/c1-9(2,11(12,13)14)6-7(16)15-10(8(17)18)4-3-5-10/h3-6H2,1-2H3,(H,15,16)(H,17,18). The van der Waals surface area contributed by atoms with Gasteiger partial charge in [0.1, 0.15) is 5.54 Å². The van der Waals surface area contributed by atoms with Crippen molar-refractivity contribution in [2.24, 2.45) is 5.41 Å². The number of aliphatic carboxylic acids is 1. The van der Waals surface area contributed by atoms with Crippen LogP contribution in [-0.4, -0.2) is 28.7 Å². The number of hydrogen-bond acceptors (Lipinski definition) is 2. The van der Waals surface area contributed by atoms with E-state index in [1.54, 1.807) is 0 Å². The number of amides is 1. The van der Waals surface area contributed by atoms with E-state index in [1.165, 1.54) is 0 Å². The normalized spacial score (nSPS) is 18.9. The molecule has 0 aromatic heterocycles. The monoisotopic (exact) mass is 267 g/mol. The van der Waals surface area contributed by atoms with Crippen molar-refractivity contribution in [1.29, 1.82) is 0 Å². The van der Waals surface area contributed by atoms with Gasteiger partial charge in [0.25, 0.3) is 0 Å². The molecule has 0 unspecified atom stereocenters. The minimum absolute atomic E-state index is 0.264. The number of carbonyl (C=O) groups is 2. The van der Waals surface area contributed by atoms with E-state index in [2.05, 4.69) is 5.32 Å². The van der Waals surface area contributed by atoms with Gasteiger partial charge in [-0.25, -0.2) is 4.79 Å². The quantitative estimate of drug-likeness (QED) is 0.819. The summed E-state index contributed by atoms with van der Waals surface area (Å²) < 4.78 is 37.8. The maximum absolute atomic E-state index is 12.6. The van der Waals surface area contributed by atoms with Gasteiger partial charge in [0.05, 0.1) is 5.41 Å². The van der Waals surface area contributed by atoms with Crippen LogP contribution < -0.4 is 5.32 Å². The molecule has 0 radical (unpaired) electrons. The van der Waals surface area contributed by atoms with Crippen LogP contribution in [0.1, 0.15) is 39.5 Å². The van der Waals surface area contributed by atoms with E-state index in [0.717, 1.165) is 13.8 Å². The maximum Gasteiger partial charge on any atom is 0.394 e. The van der Waals surface area contributed by atoms with Crippen molar-refractivity contribution < 1.29 is 27.9 Å². The van der Waals surface area contributed by atoms with Gasteiger partial charge in [0.2, 0.25) is 5.91 Å². The molecule has 0 saturated heterocycles. The molecule has 0 aliphatic heterocycles. The topological polar surface area (TPSA) is 66.4 Å². The van der Waals surface area contributed by atoms with Crippen LogP contribution in [0.15, 0.2) is 0 Å². The van der Waals surface area contributed by atoms with Gasteiger partial charge >= 0.3 is 12.1 Å². The average Bonchev–Trinajstić information content (AvgIpc) is 2.07. The summed E-state index contributed by atoms with van der Waals surface area (Å²) in [6.07, 6.45) is -4.10. The average molecular weight is 267 g/mol. The second kappa shape index (κ2) is 4.44. The third-order valence-corrected chi connectivity index (χ3v) is 3.37. The second-order valence-electron chi connectivity index (χ2n) is 5.35. The van der Waals surface area contributed by atoms with Crippen molar-refractivity contribution in [3.8, 4) is 0 Å². The highest BCUT2D eigenvalue weighted by molar-refractivity contribution is 5.88. The predicted molar refractivity (Wildman–Crippen MR) is 56.8 cm³/mol. The molecule has 18 heavy (non-hydrogen) atoms. The van der Waals surface area contributed by atoms with Crippen molar-refractivity contribution in [3.05, 3.63) is 0 Å². The van der Waals surface area contributed by atoms with Crippen molar-refractivity contribution in [2.75, 3.05) is 0 Å². The van der Waals surface area contributed by atoms with Gasteiger partial charge in [-0.3, -0.25) is 4.79 Å². The summed E-state index contributed by atoms with van der Waals surface area (Å²) in [5, 5.41) is 11.2. The first kappa shape index (κ1) is 14.8. The van der Waals surface area contributed by atoms with E-state index in [-0.39, 0.29) is 12.8 Å². The molecule has 1 amide bonds. The summed E-state index contributed by atoms with van der Waals surface area (Å²) in [7, 11) is 0. The molecule has 0 spiro atoms. The summed E-state index contributed by atoms with van der Waals surface area (Å²) in [4.78, 5) is 22.5. The molecule has 1 fully saturated rings. The first-order valence-electron chi connectivity index (χ1n) is 5.61. The molecular formula is C11H16F3NO3. The van der Waals surface area contributed by atoms with Gasteiger partial charge in [0, 0.05) is 6.42 Å². The van der Waals surface area contributed by atoms with Crippen molar-refractivity contribution in [2.45, 2.75) is 51.2 Å². The lowest BCUT2D eigenvalue weighted by Crippen LogP contribution is -2.59. The number of carbonyl (C=O) groups excluding carboxylic acids is 1. The zero-order chi connectivity index (χ0) is 14.2. The number of halogens is 3. The van der Waals surface area contributed by atoms with Crippen LogP contribution in [0.4, 0.5) is 13.2 Å². The van der Waals surface area contributed by atoms with Gasteiger partial charge in [-0.2, -0.15) is 13.2 Å². The van der Waals surface area contributed by atoms with Crippen LogP contribution in [0.25, 0.3) is 0 Å². The Labute approximate surface area is 103 Å². The molecule has 0 heterocycles. The van der Waals surface area contributed by atoms with Crippen LogP contribution in [0.3, 0.4) is 0 Å². The summed E-state index contributed by atoms with van der Waals surface area (Å²) in [5.41, 5.74) is -3.53. The zero-order valence-corrected chi connectivity index (χ0v) is 10.2. The lowest BCUT2D eigenvalue weighted by molar-refractivity contribution is -0.214. The molecule has 0 aromatic rings. The fourth-order valence-corrected chi connectivity index (χ4v) is 1.74. The highest BCUT2D eigenvalue weighted by Crippen LogP contribution is 2.40. The first-order chi connectivity index (χ1) is 8.00. The lowest BCUT2D eigenvalue weighted by Gasteiger charge is -2.39. The number of carboxylic acids is 1. The molecular weight excluding hydrogens is 251 g/mol. The zero-order valence-electron chi connectivity index (χ0n) is 10.2. The van der Waals surface area contributed by atoms with Crippen LogP contribution in [-0.2, 0) is 9.59 Å². The lowest BCUT2D eigenvalue weighted by atomic mass is 9.76. The summed E-state index contributed by atoms with van der Waals surface area (Å²) >= 11 is 0. The molecule has 4 nitrogen and oxygen atoms in total. The molecule has 1 aliphatic carbocycles. The molecule has 0 atom stereocenters. The molecule has 2 N–H and O–H groups in total. The van der Waals surface area contributed by atoms with E-state index in [9.17, 15) is 22.8 Å². The maximum atomic E-state index is 12.6. The minimum atomic E-state index is -4.50. The fraction of sp³-hybridized carbons (Fsp3) is 0.818. The highest BCUT2D eigenvalue weighted by Gasteiger charge is 2.50. The van der Waals surface area contributed by atoms with E-state index < -0.39 is 35.4 Å². The Bertz CT molecular complexity index is 359. The molecule has 0 bridgehead atoms. The van der Waals surface area contributed by atoms with Gasteiger partial charge in [-0.05, 0) is 19.3 Å². The van der Waals surface area contributed by atoms with Gasteiger partial charge < -0.3 is 10.4 Å². The Morgan fingerprint density at radius 2 is 1.78 bits per heavy atom. The number of nitrogens with one attached hydrogen (secondary N) is 1. The van der Waals surface area contributed by atoms with E-state index in [0.29, 0.717) is 6.42 Å². The Hall–Kier alpha value is -1.27. The molecule has 7 heteroatoms. The summed E-state index contributed by atoms with van der Waals surface area (Å²) in [5.74, 6) is -2.06. The smallest absolute Gasteiger partial charge is 0.394 e. The number of carboxylic acid groups (broad SMARTS) is 1. The van der Waals surface area contributed by atoms with Gasteiger partial charge in [0.15, 0.2) is 0 Å². The summed E-state index contributed by atoms with van der Waals surface area (Å²) in [6, 6.07) is 0. The van der Waals surface area contributed by atoms with Crippen LogP contribution >= 0.6 is 0 Å². The molecule has 104 valence electrons. The minimum Gasteiger partial charge on any atom is -0.480 e. The molecule has 1 aliphatic rings. The fourth-order valence-electron chi connectivity index (χ4n) is 1.74. The summed E-state index contributed by atoms with van der Waals surface area (Å²) in [6.45, 7) is 1.83. The molecule has 1 rings (SSSR count). The largest absolute Gasteiger partial charge is 0.480 e. The Morgan fingerprint density at radius 3 is 2.06 bits per heavy atom. The second-order valence-corrected chi connectivity index (χ2v) is 5.35. The number of rotatable bonds is 4. The van der Waals surface area contributed by atoms with Crippen LogP contribution in [0, 0.1) is 5.41 Å². The van der Waals surface area contributed by atoms with Crippen LogP contribution in [0.5, 0.6) is 0 Å². The van der Waals surface area contributed by atoms with E-state index >= 15 is 0 Å². The van der Waals surface area contributed by atoms with E-state index in [1.807, 2.05) is 0 Å². The van der Waals surface area contributed by atoms with Gasteiger partial charge in [-0.1, -0.05) is 13.8 Å². The SMILES string of the molecule is CC(C)(CC(=O)NC1(C(=O)O)CCC1)C(F)(F)F. The Kier molecular flexibility index (Phi) is 3.65. The van der Waals surface area contributed by atoms with Crippen LogP contribution in [0.2, 0.25) is 0 Å². The Balaban J connectivity index is 2.65. The third-order valence-electron chi connectivity index (χ3n) is 3.37. The predicted octanol–water partition coefficient (Wildman–Crippen LogP) is 2.09. The third kappa shape index (κ3) is 2.76. The number of alkyl halides is 3. The van der Waals surface area contributed by atoms with Crippen molar-refractivity contribution >= 4 is 11.9 Å². The molecule has 0 aromatic carbocycles. The van der Waals surface area contributed by atoms with E-state index in [4.69, 9.17) is 5.11 Å². The van der Waals surface area contributed by atoms with Gasteiger partial charge in [-0.15, -0.1) is 0 Å². The highest BCUT2D eigenvalue weighted by atomic mass is 19.4. The van der Waals surface area contributed by atoms with Crippen molar-refractivity contribution in [3.63, 3.8) is 0 Å².